The largest absolute Gasteiger partial charge is 0.385 e. The number of halogens is 1. The Bertz CT molecular complexity index is 397. The van der Waals surface area contributed by atoms with Crippen LogP contribution in [0.5, 0.6) is 0 Å². The van der Waals surface area contributed by atoms with Crippen molar-refractivity contribution in [2.45, 2.75) is 64.0 Å². The molecule has 160 valence electrons. The summed E-state index contributed by atoms with van der Waals surface area (Å²) < 4.78 is 11.0. The van der Waals surface area contributed by atoms with Crippen molar-refractivity contribution in [1.29, 1.82) is 0 Å². The average Bonchev–Trinajstić information content (AvgIpc) is 3.20. The van der Waals surface area contributed by atoms with Crippen LogP contribution in [0.25, 0.3) is 0 Å². The van der Waals surface area contributed by atoms with E-state index in [9.17, 15) is 0 Å². The fourth-order valence-electron chi connectivity index (χ4n) is 3.95. The molecule has 0 aromatic rings. The lowest BCUT2D eigenvalue weighted by Crippen LogP contribution is -2.47. The zero-order valence-corrected chi connectivity index (χ0v) is 20.0. The second-order valence-electron chi connectivity index (χ2n) is 7.56. The molecule has 1 aliphatic carbocycles. The molecule has 2 fully saturated rings. The van der Waals surface area contributed by atoms with Gasteiger partial charge in [-0.2, -0.15) is 0 Å². The summed E-state index contributed by atoms with van der Waals surface area (Å²) in [7, 11) is 4.00. The number of hydrogen-bond acceptors (Lipinski definition) is 4. The van der Waals surface area contributed by atoms with Crippen molar-refractivity contribution in [3.8, 4) is 0 Å². The van der Waals surface area contributed by atoms with E-state index in [2.05, 4.69) is 29.1 Å². The first-order valence-corrected chi connectivity index (χ1v) is 10.6. The Labute approximate surface area is 183 Å². The number of hydrogen-bond donors (Lipinski definition) is 1. The summed E-state index contributed by atoms with van der Waals surface area (Å²) in [5.74, 6) is 1.07. The highest BCUT2D eigenvalue weighted by atomic mass is 127. The SMILES string of the molecule is CCNC(=NCCN(C)C1CCCC1)N1CCC(OCCCOC)CC1.I. The van der Waals surface area contributed by atoms with Crippen molar-refractivity contribution in [3.05, 3.63) is 0 Å². The average molecular weight is 496 g/mol. The molecule has 1 saturated heterocycles. The van der Waals surface area contributed by atoms with Gasteiger partial charge >= 0.3 is 0 Å². The van der Waals surface area contributed by atoms with Crippen LogP contribution >= 0.6 is 24.0 Å². The molecule has 0 amide bonds. The topological polar surface area (TPSA) is 49.3 Å². The lowest BCUT2D eigenvalue weighted by molar-refractivity contribution is 0.00990. The van der Waals surface area contributed by atoms with Gasteiger partial charge < -0.3 is 24.6 Å². The van der Waals surface area contributed by atoms with Gasteiger partial charge in [0.2, 0.25) is 0 Å². The number of likely N-dealkylation sites (tertiary alicyclic amines) is 1. The van der Waals surface area contributed by atoms with Crippen LogP contribution in [0.4, 0.5) is 0 Å². The van der Waals surface area contributed by atoms with Crippen molar-refractivity contribution in [2.75, 3.05) is 60.1 Å². The molecule has 0 aromatic carbocycles. The minimum absolute atomic E-state index is 0. The summed E-state index contributed by atoms with van der Waals surface area (Å²) in [5.41, 5.74) is 0. The first kappa shape index (κ1) is 24.9. The predicted molar refractivity (Wildman–Crippen MR) is 123 cm³/mol. The Balaban J connectivity index is 0.00000364. The molecular formula is C20H41IN4O2. The molecule has 2 rings (SSSR count). The van der Waals surface area contributed by atoms with Gasteiger partial charge in [-0.25, -0.2) is 0 Å². The molecule has 1 saturated carbocycles. The number of guanidine groups is 1. The zero-order chi connectivity index (χ0) is 18.6. The third-order valence-electron chi connectivity index (χ3n) is 5.59. The maximum atomic E-state index is 5.97. The lowest BCUT2D eigenvalue weighted by Gasteiger charge is -2.34. The molecule has 0 radical (unpaired) electrons. The van der Waals surface area contributed by atoms with E-state index in [0.717, 1.165) is 77.2 Å². The quantitative estimate of drug-likeness (QED) is 0.218. The van der Waals surface area contributed by atoms with Gasteiger partial charge in [0.15, 0.2) is 5.96 Å². The van der Waals surface area contributed by atoms with Crippen LogP contribution in [0.2, 0.25) is 0 Å². The van der Waals surface area contributed by atoms with Crippen LogP contribution in [0.15, 0.2) is 4.99 Å². The van der Waals surface area contributed by atoms with Gasteiger partial charge in [0.05, 0.1) is 12.6 Å². The van der Waals surface area contributed by atoms with Gasteiger partial charge in [-0.05, 0) is 46.1 Å². The third-order valence-corrected chi connectivity index (χ3v) is 5.59. The van der Waals surface area contributed by atoms with Crippen molar-refractivity contribution in [3.63, 3.8) is 0 Å². The highest BCUT2D eigenvalue weighted by Gasteiger charge is 2.22. The Kier molecular flexibility index (Phi) is 13.7. The summed E-state index contributed by atoms with van der Waals surface area (Å²) in [6.45, 7) is 8.64. The molecule has 1 aliphatic heterocycles. The summed E-state index contributed by atoms with van der Waals surface area (Å²) in [6.07, 6.45) is 9.04. The number of nitrogens with zero attached hydrogens (tertiary/aromatic N) is 3. The van der Waals surface area contributed by atoms with Gasteiger partial charge in [0.1, 0.15) is 0 Å². The van der Waals surface area contributed by atoms with Crippen molar-refractivity contribution >= 4 is 29.9 Å². The number of nitrogens with one attached hydrogen (secondary N) is 1. The molecule has 1 N–H and O–H groups in total. The molecule has 0 aromatic heterocycles. The fraction of sp³-hybridized carbons (Fsp3) is 0.950. The first-order chi connectivity index (χ1) is 12.7. The second kappa shape index (κ2) is 14.8. The first-order valence-electron chi connectivity index (χ1n) is 10.6. The number of methoxy groups -OCH3 is 1. The van der Waals surface area contributed by atoms with Crippen LogP contribution < -0.4 is 5.32 Å². The second-order valence-corrected chi connectivity index (χ2v) is 7.56. The maximum Gasteiger partial charge on any atom is 0.193 e. The van der Waals surface area contributed by atoms with E-state index in [1.807, 2.05) is 0 Å². The summed E-state index contributed by atoms with van der Waals surface area (Å²) in [5, 5.41) is 3.47. The Morgan fingerprint density at radius 3 is 2.48 bits per heavy atom. The van der Waals surface area contributed by atoms with Crippen LogP contribution in [0, 0.1) is 0 Å². The predicted octanol–water partition coefficient (Wildman–Crippen LogP) is 2.96. The number of piperidine rings is 1. The van der Waals surface area contributed by atoms with Gasteiger partial charge in [0, 0.05) is 52.5 Å². The fourth-order valence-corrected chi connectivity index (χ4v) is 3.95. The van der Waals surface area contributed by atoms with Gasteiger partial charge in [0.25, 0.3) is 0 Å². The van der Waals surface area contributed by atoms with E-state index in [4.69, 9.17) is 14.5 Å². The Hall–Kier alpha value is -0.120. The monoisotopic (exact) mass is 496 g/mol. The van der Waals surface area contributed by atoms with Crippen molar-refractivity contribution in [1.82, 2.24) is 15.1 Å². The minimum Gasteiger partial charge on any atom is -0.385 e. The van der Waals surface area contributed by atoms with Crippen LogP contribution in [0.3, 0.4) is 0 Å². The van der Waals surface area contributed by atoms with E-state index >= 15 is 0 Å². The van der Waals surface area contributed by atoms with E-state index in [1.54, 1.807) is 7.11 Å². The van der Waals surface area contributed by atoms with Crippen LogP contribution in [0.1, 0.15) is 51.9 Å². The molecular weight excluding hydrogens is 455 g/mol. The highest BCUT2D eigenvalue weighted by Crippen LogP contribution is 2.22. The number of ether oxygens (including phenoxy) is 2. The molecule has 6 nitrogen and oxygen atoms in total. The summed E-state index contributed by atoms with van der Waals surface area (Å²) in [6, 6.07) is 0.777. The van der Waals surface area contributed by atoms with E-state index < -0.39 is 0 Å². The van der Waals surface area contributed by atoms with E-state index in [-0.39, 0.29) is 24.0 Å². The van der Waals surface area contributed by atoms with E-state index in [0.29, 0.717) is 6.10 Å². The van der Waals surface area contributed by atoms with Crippen molar-refractivity contribution in [2.24, 2.45) is 4.99 Å². The van der Waals surface area contributed by atoms with Gasteiger partial charge in [-0.1, -0.05) is 12.8 Å². The summed E-state index contributed by atoms with van der Waals surface area (Å²) >= 11 is 0. The normalized spacial score (nSPS) is 19.6. The maximum absolute atomic E-state index is 5.97. The highest BCUT2D eigenvalue weighted by molar-refractivity contribution is 14.0. The van der Waals surface area contributed by atoms with Crippen LogP contribution in [-0.2, 0) is 9.47 Å². The standard InChI is InChI=1S/C20H40N4O2.HI/c1-4-21-20(22-12-15-23(2)18-8-5-6-9-18)24-13-10-19(11-14-24)26-17-7-16-25-3;/h18-19H,4-17H2,1-3H3,(H,21,22);1H. The van der Waals surface area contributed by atoms with Crippen molar-refractivity contribution < 1.29 is 9.47 Å². The number of rotatable bonds is 10. The van der Waals surface area contributed by atoms with Gasteiger partial charge in [-0.3, -0.25) is 4.99 Å². The molecule has 7 heteroatoms. The molecule has 27 heavy (non-hydrogen) atoms. The number of likely N-dealkylation sites (N-methyl/N-ethyl adjacent to an activating group) is 1. The Morgan fingerprint density at radius 2 is 1.85 bits per heavy atom. The Morgan fingerprint density at radius 1 is 1.15 bits per heavy atom. The van der Waals surface area contributed by atoms with Crippen LogP contribution in [-0.4, -0.2) is 88.0 Å². The molecule has 0 spiro atoms. The third kappa shape index (κ3) is 9.28. The van der Waals surface area contributed by atoms with Gasteiger partial charge in [-0.15, -0.1) is 24.0 Å². The molecule has 2 aliphatic rings. The minimum atomic E-state index is 0. The van der Waals surface area contributed by atoms with E-state index in [1.165, 1.54) is 25.7 Å². The summed E-state index contributed by atoms with van der Waals surface area (Å²) in [4.78, 5) is 9.79. The molecule has 1 heterocycles. The smallest absolute Gasteiger partial charge is 0.193 e. The lowest BCUT2D eigenvalue weighted by atomic mass is 10.1. The zero-order valence-electron chi connectivity index (χ0n) is 17.6. The molecule has 0 unspecified atom stereocenters. The number of aliphatic imine (C=N–C) groups is 1. The molecule has 0 atom stereocenters. The molecule has 0 bridgehead atoms.